The maximum atomic E-state index is 13.0. The molecule has 0 radical (unpaired) electrons. The highest BCUT2D eigenvalue weighted by atomic mass is 16.6. The molecule has 1 unspecified atom stereocenters. The summed E-state index contributed by atoms with van der Waals surface area (Å²) in [6, 6.07) is 20.3. The predicted octanol–water partition coefficient (Wildman–Crippen LogP) is 4.24. The lowest BCUT2D eigenvalue weighted by Gasteiger charge is -2.30. The number of amides is 2. The van der Waals surface area contributed by atoms with Gasteiger partial charge in [-0.1, -0.05) is 60.7 Å². The molecule has 7 nitrogen and oxygen atoms in total. The van der Waals surface area contributed by atoms with Crippen molar-refractivity contribution < 1.29 is 23.8 Å². The molecule has 2 amide bonds. The van der Waals surface area contributed by atoms with E-state index in [-0.39, 0.29) is 13.2 Å². The van der Waals surface area contributed by atoms with Gasteiger partial charge in [0.15, 0.2) is 0 Å². The summed E-state index contributed by atoms with van der Waals surface area (Å²) in [7, 11) is 1.54. The number of esters is 1. The molecule has 0 aliphatic carbocycles. The first-order valence-electron chi connectivity index (χ1n) is 10.7. The summed E-state index contributed by atoms with van der Waals surface area (Å²) in [4.78, 5) is 25.5. The number of nitrogens with one attached hydrogen (secondary N) is 2. The first-order chi connectivity index (χ1) is 16.1. The van der Waals surface area contributed by atoms with Crippen molar-refractivity contribution in [2.75, 3.05) is 20.3 Å². The average Bonchev–Trinajstić information content (AvgIpc) is 2.82. The summed E-state index contributed by atoms with van der Waals surface area (Å²) in [5.74, 6) is 0.0590. The van der Waals surface area contributed by atoms with Gasteiger partial charge in [-0.15, -0.1) is 0 Å². The van der Waals surface area contributed by atoms with Crippen LogP contribution in [0.5, 0.6) is 5.75 Å². The van der Waals surface area contributed by atoms with E-state index >= 15 is 0 Å². The van der Waals surface area contributed by atoms with E-state index in [4.69, 9.17) is 14.2 Å². The minimum atomic E-state index is -0.745. The van der Waals surface area contributed by atoms with Crippen molar-refractivity contribution >= 4 is 22.8 Å². The van der Waals surface area contributed by atoms with Crippen molar-refractivity contribution in [2.24, 2.45) is 0 Å². The van der Waals surface area contributed by atoms with Crippen LogP contribution in [0.25, 0.3) is 10.8 Å². The summed E-state index contributed by atoms with van der Waals surface area (Å²) >= 11 is 0. The second kappa shape index (κ2) is 10.2. The standard InChI is InChI=1S/C26H26N2O5/c1-17-22(25(29)32-15-14-31-2)24(28-26(30)27-17)23-20-11-7-6-10-19(20)12-13-21(23)33-16-18-8-4-3-5-9-18/h3-13,24H,14-16H2,1-2H3,(H2,27,28,30). The van der Waals surface area contributed by atoms with Crippen LogP contribution in [0.15, 0.2) is 78.0 Å². The average molecular weight is 447 g/mol. The Morgan fingerprint density at radius 2 is 1.73 bits per heavy atom. The molecule has 1 atom stereocenters. The van der Waals surface area contributed by atoms with Crippen LogP contribution < -0.4 is 15.4 Å². The summed E-state index contributed by atoms with van der Waals surface area (Å²) in [6.07, 6.45) is 0. The Balaban J connectivity index is 1.78. The van der Waals surface area contributed by atoms with E-state index in [2.05, 4.69) is 10.6 Å². The van der Waals surface area contributed by atoms with E-state index in [1.165, 1.54) is 7.11 Å². The van der Waals surface area contributed by atoms with Crippen LogP contribution in [0.1, 0.15) is 24.1 Å². The Morgan fingerprint density at radius 1 is 0.970 bits per heavy atom. The van der Waals surface area contributed by atoms with E-state index in [1.807, 2.05) is 66.7 Å². The van der Waals surface area contributed by atoms with E-state index in [9.17, 15) is 9.59 Å². The highest BCUT2D eigenvalue weighted by Crippen LogP contribution is 2.39. The molecular weight excluding hydrogens is 420 g/mol. The number of hydrogen-bond donors (Lipinski definition) is 2. The molecule has 0 fully saturated rings. The number of methoxy groups -OCH3 is 1. The van der Waals surface area contributed by atoms with Gasteiger partial charge in [0.05, 0.1) is 18.2 Å². The van der Waals surface area contributed by atoms with Gasteiger partial charge in [-0.05, 0) is 29.3 Å². The summed E-state index contributed by atoms with van der Waals surface area (Å²) in [6.45, 7) is 2.43. The molecule has 33 heavy (non-hydrogen) atoms. The molecule has 3 aromatic carbocycles. The van der Waals surface area contributed by atoms with Crippen LogP contribution in [0.4, 0.5) is 4.79 Å². The second-order valence-electron chi connectivity index (χ2n) is 7.67. The normalized spacial score (nSPS) is 15.7. The smallest absolute Gasteiger partial charge is 0.338 e. The number of rotatable bonds is 8. The van der Waals surface area contributed by atoms with E-state index < -0.39 is 18.0 Å². The fraction of sp³-hybridized carbons (Fsp3) is 0.231. The summed E-state index contributed by atoms with van der Waals surface area (Å²) < 4.78 is 16.6. The molecule has 3 aromatic rings. The van der Waals surface area contributed by atoms with Gasteiger partial charge in [0.2, 0.25) is 0 Å². The highest BCUT2D eigenvalue weighted by molar-refractivity contribution is 5.98. The molecule has 0 saturated heterocycles. The molecule has 2 N–H and O–H groups in total. The molecule has 0 saturated carbocycles. The number of allylic oxidation sites excluding steroid dienone is 1. The predicted molar refractivity (Wildman–Crippen MR) is 125 cm³/mol. The maximum Gasteiger partial charge on any atom is 0.338 e. The number of urea groups is 1. The van der Waals surface area contributed by atoms with Crippen molar-refractivity contribution in [3.05, 3.63) is 89.1 Å². The lowest BCUT2D eigenvalue weighted by molar-refractivity contribution is -0.140. The Kier molecular flexibility index (Phi) is 6.90. The Labute approximate surface area is 192 Å². The van der Waals surface area contributed by atoms with Crippen molar-refractivity contribution in [3.63, 3.8) is 0 Å². The Bertz CT molecular complexity index is 1190. The van der Waals surface area contributed by atoms with Crippen LogP contribution in [0.2, 0.25) is 0 Å². The third-order valence-electron chi connectivity index (χ3n) is 5.47. The fourth-order valence-electron chi connectivity index (χ4n) is 3.91. The molecule has 4 rings (SSSR count). The van der Waals surface area contributed by atoms with Crippen molar-refractivity contribution in [2.45, 2.75) is 19.6 Å². The quantitative estimate of drug-likeness (QED) is 0.399. The van der Waals surface area contributed by atoms with Gasteiger partial charge in [0, 0.05) is 18.4 Å². The Morgan fingerprint density at radius 3 is 2.52 bits per heavy atom. The van der Waals surface area contributed by atoms with Gasteiger partial charge in [0.25, 0.3) is 0 Å². The topological polar surface area (TPSA) is 85.9 Å². The monoisotopic (exact) mass is 446 g/mol. The first kappa shape index (κ1) is 22.4. The van der Waals surface area contributed by atoms with Gasteiger partial charge in [0.1, 0.15) is 19.0 Å². The van der Waals surface area contributed by atoms with E-state index in [0.717, 1.165) is 16.3 Å². The van der Waals surface area contributed by atoms with Crippen molar-refractivity contribution in [1.29, 1.82) is 0 Å². The zero-order chi connectivity index (χ0) is 23.2. The highest BCUT2D eigenvalue weighted by Gasteiger charge is 2.35. The van der Waals surface area contributed by atoms with Gasteiger partial charge in [-0.25, -0.2) is 9.59 Å². The largest absolute Gasteiger partial charge is 0.489 e. The first-order valence-corrected chi connectivity index (χ1v) is 10.7. The lowest BCUT2D eigenvalue weighted by atomic mass is 9.90. The van der Waals surface area contributed by atoms with E-state index in [1.54, 1.807) is 6.92 Å². The third-order valence-corrected chi connectivity index (χ3v) is 5.47. The fourth-order valence-corrected chi connectivity index (χ4v) is 3.91. The number of carbonyl (C=O) groups excluding carboxylic acids is 2. The van der Waals surface area contributed by atoms with Crippen LogP contribution in [0, 0.1) is 0 Å². The maximum absolute atomic E-state index is 13.0. The molecule has 1 aliphatic heterocycles. The van der Waals surface area contributed by atoms with Crippen LogP contribution in [-0.4, -0.2) is 32.3 Å². The third kappa shape index (κ3) is 4.99. The zero-order valence-corrected chi connectivity index (χ0v) is 18.6. The SMILES string of the molecule is COCCOC(=O)C1=C(C)NC(=O)NC1c1c(OCc2ccccc2)ccc2ccccc12. The number of fused-ring (bicyclic) bond motifs is 1. The molecule has 7 heteroatoms. The number of ether oxygens (including phenoxy) is 3. The lowest BCUT2D eigenvalue weighted by Crippen LogP contribution is -2.45. The van der Waals surface area contributed by atoms with Crippen molar-refractivity contribution in [1.82, 2.24) is 10.6 Å². The molecule has 0 spiro atoms. The number of hydrogen-bond acceptors (Lipinski definition) is 5. The Hall–Kier alpha value is -3.84. The minimum absolute atomic E-state index is 0.111. The minimum Gasteiger partial charge on any atom is -0.489 e. The molecular formula is C26H26N2O5. The van der Waals surface area contributed by atoms with Gasteiger partial charge in [-0.3, -0.25) is 0 Å². The zero-order valence-electron chi connectivity index (χ0n) is 18.6. The molecule has 1 aliphatic rings. The number of carbonyl (C=O) groups is 2. The van der Waals surface area contributed by atoms with Gasteiger partial charge < -0.3 is 24.8 Å². The summed E-state index contributed by atoms with van der Waals surface area (Å²) in [5, 5.41) is 7.43. The van der Waals surface area contributed by atoms with Gasteiger partial charge >= 0.3 is 12.0 Å². The molecule has 0 bridgehead atoms. The van der Waals surface area contributed by atoms with Crippen molar-refractivity contribution in [3.8, 4) is 5.75 Å². The number of benzene rings is 3. The van der Waals surface area contributed by atoms with Gasteiger partial charge in [-0.2, -0.15) is 0 Å². The van der Waals surface area contributed by atoms with Crippen LogP contribution in [-0.2, 0) is 20.9 Å². The summed E-state index contributed by atoms with van der Waals surface area (Å²) in [5.41, 5.74) is 2.48. The van der Waals surface area contributed by atoms with Crippen LogP contribution in [0.3, 0.4) is 0 Å². The second-order valence-corrected chi connectivity index (χ2v) is 7.67. The molecule has 0 aromatic heterocycles. The van der Waals surface area contributed by atoms with Crippen LogP contribution >= 0.6 is 0 Å². The molecule has 170 valence electrons. The molecule has 1 heterocycles. The van der Waals surface area contributed by atoms with E-state index in [0.29, 0.717) is 29.2 Å².